The van der Waals surface area contributed by atoms with Crippen LogP contribution in [0.2, 0.25) is 5.15 Å². The van der Waals surface area contributed by atoms with E-state index in [1.165, 1.54) is 16.5 Å². The van der Waals surface area contributed by atoms with Gasteiger partial charge in [-0.25, -0.2) is 4.98 Å². The van der Waals surface area contributed by atoms with Gasteiger partial charge in [0.2, 0.25) is 0 Å². The fraction of sp³-hybridized carbons (Fsp3) is 0.211. The SMILES string of the molecule is CCCc1cc2cccc(Cc3ccccc3)c2nc1Cl. The second kappa shape index (κ2) is 6.28. The van der Waals surface area contributed by atoms with E-state index in [-0.39, 0.29) is 0 Å². The van der Waals surface area contributed by atoms with Crippen molar-refractivity contribution in [1.82, 2.24) is 4.98 Å². The number of aromatic nitrogens is 1. The van der Waals surface area contributed by atoms with Crippen LogP contribution in [0.15, 0.2) is 54.6 Å². The van der Waals surface area contributed by atoms with Gasteiger partial charge in [0.15, 0.2) is 0 Å². The molecule has 1 aromatic heterocycles. The second-order valence-corrected chi connectivity index (χ2v) is 5.70. The molecule has 0 spiro atoms. The van der Waals surface area contributed by atoms with Crippen LogP contribution in [0.5, 0.6) is 0 Å². The van der Waals surface area contributed by atoms with Crippen LogP contribution in [0, 0.1) is 0 Å². The summed E-state index contributed by atoms with van der Waals surface area (Å²) in [5.41, 5.74) is 4.68. The maximum atomic E-state index is 6.35. The van der Waals surface area contributed by atoms with Gasteiger partial charge in [-0.05, 0) is 35.6 Å². The molecule has 0 saturated heterocycles. The summed E-state index contributed by atoms with van der Waals surface area (Å²) in [4.78, 5) is 4.66. The zero-order chi connectivity index (χ0) is 14.7. The molecule has 0 unspecified atom stereocenters. The van der Waals surface area contributed by atoms with Crippen LogP contribution in [0.25, 0.3) is 10.9 Å². The lowest BCUT2D eigenvalue weighted by atomic mass is 10.0. The van der Waals surface area contributed by atoms with Crippen molar-refractivity contribution >= 4 is 22.5 Å². The summed E-state index contributed by atoms with van der Waals surface area (Å²) in [6.07, 6.45) is 2.94. The zero-order valence-electron chi connectivity index (χ0n) is 12.1. The van der Waals surface area contributed by atoms with Crippen molar-refractivity contribution in [3.8, 4) is 0 Å². The van der Waals surface area contributed by atoms with Crippen molar-refractivity contribution in [1.29, 1.82) is 0 Å². The Morgan fingerprint density at radius 1 is 0.952 bits per heavy atom. The Morgan fingerprint density at radius 3 is 2.52 bits per heavy atom. The van der Waals surface area contributed by atoms with Crippen LogP contribution in [0.3, 0.4) is 0 Å². The number of para-hydroxylation sites is 1. The molecule has 0 aliphatic rings. The smallest absolute Gasteiger partial charge is 0.132 e. The highest BCUT2D eigenvalue weighted by Crippen LogP contribution is 2.25. The molecule has 0 radical (unpaired) electrons. The number of rotatable bonds is 4. The quantitative estimate of drug-likeness (QED) is 0.585. The molecule has 0 saturated carbocycles. The highest BCUT2D eigenvalue weighted by molar-refractivity contribution is 6.30. The highest BCUT2D eigenvalue weighted by atomic mass is 35.5. The monoisotopic (exact) mass is 295 g/mol. The van der Waals surface area contributed by atoms with E-state index in [0.717, 1.165) is 30.3 Å². The maximum absolute atomic E-state index is 6.35. The minimum absolute atomic E-state index is 0.643. The lowest BCUT2D eigenvalue weighted by Crippen LogP contribution is -1.95. The van der Waals surface area contributed by atoms with Gasteiger partial charge < -0.3 is 0 Å². The minimum Gasteiger partial charge on any atom is -0.236 e. The molecule has 21 heavy (non-hydrogen) atoms. The van der Waals surface area contributed by atoms with E-state index >= 15 is 0 Å². The third-order valence-corrected chi connectivity index (χ3v) is 4.04. The average Bonchev–Trinajstić information content (AvgIpc) is 2.50. The molecule has 3 rings (SSSR count). The summed E-state index contributed by atoms with van der Waals surface area (Å²) in [6, 6.07) is 19.0. The summed E-state index contributed by atoms with van der Waals surface area (Å²) in [6.45, 7) is 2.16. The maximum Gasteiger partial charge on any atom is 0.132 e. The number of nitrogens with zero attached hydrogens (tertiary/aromatic N) is 1. The lowest BCUT2D eigenvalue weighted by Gasteiger charge is -2.09. The number of pyridine rings is 1. The molecule has 0 aliphatic heterocycles. The van der Waals surface area contributed by atoms with Crippen molar-refractivity contribution < 1.29 is 0 Å². The number of hydrogen-bond acceptors (Lipinski definition) is 1. The van der Waals surface area contributed by atoms with Crippen LogP contribution in [-0.4, -0.2) is 4.98 Å². The summed E-state index contributed by atoms with van der Waals surface area (Å²) in [5.74, 6) is 0. The lowest BCUT2D eigenvalue weighted by molar-refractivity contribution is 0.917. The van der Waals surface area contributed by atoms with Crippen molar-refractivity contribution in [2.24, 2.45) is 0 Å². The third-order valence-electron chi connectivity index (χ3n) is 3.71. The average molecular weight is 296 g/mol. The number of benzene rings is 2. The van der Waals surface area contributed by atoms with Crippen molar-refractivity contribution in [3.05, 3.63) is 76.4 Å². The van der Waals surface area contributed by atoms with E-state index in [2.05, 4.69) is 60.4 Å². The highest BCUT2D eigenvalue weighted by Gasteiger charge is 2.08. The van der Waals surface area contributed by atoms with Gasteiger partial charge in [-0.1, -0.05) is 73.5 Å². The Bertz CT molecular complexity index is 750. The molecule has 0 N–H and O–H groups in total. The topological polar surface area (TPSA) is 12.9 Å². The Morgan fingerprint density at radius 2 is 1.76 bits per heavy atom. The number of fused-ring (bicyclic) bond motifs is 1. The molecular weight excluding hydrogens is 278 g/mol. The molecule has 0 amide bonds. The molecule has 3 aromatic rings. The molecule has 0 fully saturated rings. The molecule has 106 valence electrons. The first kappa shape index (κ1) is 14.1. The van der Waals surface area contributed by atoms with Gasteiger partial charge >= 0.3 is 0 Å². The molecular formula is C19H18ClN. The first-order chi connectivity index (χ1) is 10.3. The number of aryl methyl sites for hydroxylation is 1. The normalized spacial score (nSPS) is 11.0. The molecule has 0 atom stereocenters. The van der Waals surface area contributed by atoms with Gasteiger partial charge in [-0.15, -0.1) is 0 Å². The molecule has 1 heterocycles. The second-order valence-electron chi connectivity index (χ2n) is 5.34. The number of halogens is 1. The summed E-state index contributed by atoms with van der Waals surface area (Å²) in [5, 5.41) is 1.82. The molecule has 2 aromatic carbocycles. The van der Waals surface area contributed by atoms with Crippen LogP contribution in [0.4, 0.5) is 0 Å². The molecule has 0 aliphatic carbocycles. The molecule has 1 nitrogen and oxygen atoms in total. The van der Waals surface area contributed by atoms with E-state index in [0.29, 0.717) is 5.15 Å². The predicted molar refractivity (Wildman–Crippen MR) is 90.0 cm³/mol. The fourth-order valence-electron chi connectivity index (χ4n) is 2.68. The summed E-state index contributed by atoms with van der Waals surface area (Å²) in [7, 11) is 0. The Kier molecular flexibility index (Phi) is 4.21. The minimum atomic E-state index is 0.643. The summed E-state index contributed by atoms with van der Waals surface area (Å²) >= 11 is 6.35. The van der Waals surface area contributed by atoms with Crippen molar-refractivity contribution in [3.63, 3.8) is 0 Å². The Labute approximate surface area is 130 Å². The van der Waals surface area contributed by atoms with Gasteiger partial charge in [0.25, 0.3) is 0 Å². The van der Waals surface area contributed by atoms with Crippen LogP contribution < -0.4 is 0 Å². The van der Waals surface area contributed by atoms with E-state index in [9.17, 15) is 0 Å². The largest absolute Gasteiger partial charge is 0.236 e. The van der Waals surface area contributed by atoms with Crippen molar-refractivity contribution in [2.45, 2.75) is 26.2 Å². The van der Waals surface area contributed by atoms with Gasteiger partial charge in [0.05, 0.1) is 5.52 Å². The standard InChI is InChI=1S/C19H18ClN/c1-2-7-17-13-16-11-6-10-15(18(16)21-19(17)20)12-14-8-4-3-5-9-14/h3-6,8-11,13H,2,7,12H2,1H3. The third kappa shape index (κ3) is 3.08. The molecule has 0 bridgehead atoms. The van der Waals surface area contributed by atoms with E-state index in [4.69, 9.17) is 11.6 Å². The number of hydrogen-bond donors (Lipinski definition) is 0. The Balaban J connectivity index is 2.05. The Hall–Kier alpha value is -1.86. The zero-order valence-corrected chi connectivity index (χ0v) is 12.9. The van der Waals surface area contributed by atoms with E-state index < -0.39 is 0 Å². The van der Waals surface area contributed by atoms with Crippen LogP contribution in [0.1, 0.15) is 30.0 Å². The van der Waals surface area contributed by atoms with Crippen molar-refractivity contribution in [2.75, 3.05) is 0 Å². The van der Waals surface area contributed by atoms with Gasteiger partial charge in [-0.3, -0.25) is 0 Å². The summed E-state index contributed by atoms with van der Waals surface area (Å²) < 4.78 is 0. The van der Waals surface area contributed by atoms with Crippen LogP contribution >= 0.6 is 11.6 Å². The van der Waals surface area contributed by atoms with E-state index in [1.807, 2.05) is 6.07 Å². The predicted octanol–water partition coefficient (Wildman–Crippen LogP) is 5.43. The van der Waals surface area contributed by atoms with Gasteiger partial charge in [0, 0.05) is 5.39 Å². The van der Waals surface area contributed by atoms with Crippen LogP contribution in [-0.2, 0) is 12.8 Å². The first-order valence-electron chi connectivity index (χ1n) is 7.39. The fourth-order valence-corrected chi connectivity index (χ4v) is 2.92. The molecule has 2 heteroatoms. The first-order valence-corrected chi connectivity index (χ1v) is 7.76. The van der Waals surface area contributed by atoms with Gasteiger partial charge in [0.1, 0.15) is 5.15 Å². The van der Waals surface area contributed by atoms with Gasteiger partial charge in [-0.2, -0.15) is 0 Å². The van der Waals surface area contributed by atoms with E-state index in [1.54, 1.807) is 0 Å².